The van der Waals surface area contributed by atoms with E-state index in [1.807, 2.05) is 12.1 Å². The average molecular weight is 290 g/mol. The number of nitrogens with zero attached hydrogens (tertiary/aromatic N) is 1. The van der Waals surface area contributed by atoms with E-state index in [1.54, 1.807) is 23.5 Å². The van der Waals surface area contributed by atoms with Crippen LogP contribution in [0.1, 0.15) is 43.7 Å². The van der Waals surface area contributed by atoms with E-state index in [0.29, 0.717) is 5.92 Å². The number of nitrogens with one attached hydrogen (secondary N) is 1. The fraction of sp³-hybridized carbons (Fsp3) is 0.438. The normalized spacial score (nSPS) is 11.2. The molecular formula is C16H22N2OS. The number of hydrogen-bond acceptors (Lipinski definition) is 4. The van der Waals surface area contributed by atoms with Gasteiger partial charge in [-0.15, -0.1) is 11.3 Å². The van der Waals surface area contributed by atoms with Gasteiger partial charge in [-0.05, 0) is 31.0 Å². The molecule has 0 spiro atoms. The maximum absolute atomic E-state index is 9.60. The number of hydrogen-bond donors (Lipinski definition) is 2. The Hall–Kier alpha value is -1.39. The van der Waals surface area contributed by atoms with Gasteiger partial charge in [-0.1, -0.05) is 32.9 Å². The maximum atomic E-state index is 9.60. The number of aromatic nitrogens is 1. The van der Waals surface area contributed by atoms with Crippen molar-refractivity contribution in [3.05, 3.63) is 34.8 Å². The zero-order valence-electron chi connectivity index (χ0n) is 12.3. The highest BCUT2D eigenvalue weighted by Gasteiger charge is 2.15. The molecule has 0 radical (unpaired) electrons. The van der Waals surface area contributed by atoms with E-state index in [0.717, 1.165) is 35.8 Å². The van der Waals surface area contributed by atoms with Crippen molar-refractivity contribution in [1.29, 1.82) is 0 Å². The van der Waals surface area contributed by atoms with Gasteiger partial charge >= 0.3 is 0 Å². The van der Waals surface area contributed by atoms with Crippen LogP contribution in [0.15, 0.2) is 24.3 Å². The van der Waals surface area contributed by atoms with Crippen molar-refractivity contribution in [3.8, 4) is 16.3 Å². The summed E-state index contributed by atoms with van der Waals surface area (Å²) in [5.41, 5.74) is 2.15. The molecule has 0 aliphatic rings. The fourth-order valence-corrected chi connectivity index (χ4v) is 3.26. The highest BCUT2D eigenvalue weighted by Crippen LogP contribution is 2.32. The minimum atomic E-state index is 0.287. The molecule has 1 aromatic carbocycles. The van der Waals surface area contributed by atoms with Crippen molar-refractivity contribution in [3.63, 3.8) is 0 Å². The van der Waals surface area contributed by atoms with Crippen LogP contribution in [0.25, 0.3) is 10.6 Å². The van der Waals surface area contributed by atoms with Crippen LogP contribution in [0.3, 0.4) is 0 Å². The molecule has 1 aromatic heterocycles. The average Bonchev–Trinajstić information content (AvgIpc) is 2.83. The second-order valence-electron chi connectivity index (χ2n) is 5.21. The molecule has 2 rings (SSSR count). The van der Waals surface area contributed by atoms with Crippen LogP contribution in [0.2, 0.25) is 0 Å². The molecule has 0 aliphatic heterocycles. The largest absolute Gasteiger partial charge is 0.508 e. The number of rotatable bonds is 6. The van der Waals surface area contributed by atoms with Gasteiger partial charge in [0.2, 0.25) is 0 Å². The van der Waals surface area contributed by atoms with Gasteiger partial charge in [0.25, 0.3) is 0 Å². The highest BCUT2D eigenvalue weighted by atomic mass is 32.1. The molecule has 0 saturated heterocycles. The molecule has 0 atom stereocenters. The highest BCUT2D eigenvalue weighted by molar-refractivity contribution is 7.15. The van der Waals surface area contributed by atoms with Crippen LogP contribution in [0.4, 0.5) is 0 Å². The number of thiazole rings is 1. The SMILES string of the molecule is CCCNCc1sc(-c2cccc(O)c2)nc1C(C)C. The van der Waals surface area contributed by atoms with Gasteiger partial charge in [0, 0.05) is 17.0 Å². The lowest BCUT2D eigenvalue weighted by Crippen LogP contribution is -2.14. The number of phenolic OH excluding ortho intramolecular Hbond substituents is 1. The number of aromatic hydroxyl groups is 1. The molecule has 2 N–H and O–H groups in total. The maximum Gasteiger partial charge on any atom is 0.124 e. The van der Waals surface area contributed by atoms with E-state index in [-0.39, 0.29) is 5.75 Å². The molecule has 2 aromatic rings. The Bertz CT molecular complexity index is 563. The summed E-state index contributed by atoms with van der Waals surface area (Å²) in [5, 5.41) is 14.0. The predicted molar refractivity (Wildman–Crippen MR) is 85.3 cm³/mol. The quantitative estimate of drug-likeness (QED) is 0.786. The molecule has 0 amide bonds. The standard InChI is InChI=1S/C16H22N2OS/c1-4-8-17-10-14-15(11(2)3)18-16(20-14)12-6-5-7-13(19)9-12/h5-7,9,11,17,19H,4,8,10H2,1-3H3. The number of benzene rings is 1. The lowest BCUT2D eigenvalue weighted by atomic mass is 10.1. The fourth-order valence-electron chi connectivity index (χ4n) is 2.08. The third-order valence-corrected chi connectivity index (χ3v) is 4.20. The van der Waals surface area contributed by atoms with E-state index in [9.17, 15) is 5.11 Å². The van der Waals surface area contributed by atoms with Crippen LogP contribution in [0.5, 0.6) is 5.75 Å². The summed E-state index contributed by atoms with van der Waals surface area (Å²) in [7, 11) is 0. The minimum Gasteiger partial charge on any atom is -0.508 e. The molecular weight excluding hydrogens is 268 g/mol. The van der Waals surface area contributed by atoms with Gasteiger partial charge in [-0.3, -0.25) is 0 Å². The van der Waals surface area contributed by atoms with Crippen molar-refractivity contribution in [2.24, 2.45) is 0 Å². The summed E-state index contributed by atoms with van der Waals surface area (Å²) in [5.74, 6) is 0.699. The first-order valence-corrected chi connectivity index (χ1v) is 7.93. The Kier molecular flexibility index (Phi) is 5.15. The Morgan fingerprint density at radius 3 is 2.80 bits per heavy atom. The van der Waals surface area contributed by atoms with E-state index in [2.05, 4.69) is 26.1 Å². The van der Waals surface area contributed by atoms with Crippen LogP contribution in [0, 0.1) is 0 Å². The second-order valence-corrected chi connectivity index (χ2v) is 6.29. The van der Waals surface area contributed by atoms with Crippen LogP contribution >= 0.6 is 11.3 Å². The zero-order valence-corrected chi connectivity index (χ0v) is 13.1. The smallest absolute Gasteiger partial charge is 0.124 e. The Morgan fingerprint density at radius 2 is 2.15 bits per heavy atom. The Balaban J connectivity index is 2.28. The summed E-state index contributed by atoms with van der Waals surface area (Å²) in [6, 6.07) is 7.30. The second kappa shape index (κ2) is 6.86. The summed E-state index contributed by atoms with van der Waals surface area (Å²) in [6.07, 6.45) is 1.13. The number of phenols is 1. The summed E-state index contributed by atoms with van der Waals surface area (Å²) in [4.78, 5) is 6.07. The van der Waals surface area contributed by atoms with E-state index < -0.39 is 0 Å². The first-order chi connectivity index (χ1) is 9.61. The lowest BCUT2D eigenvalue weighted by molar-refractivity contribution is 0.475. The molecule has 0 unspecified atom stereocenters. The van der Waals surface area contributed by atoms with Crippen LogP contribution in [-0.4, -0.2) is 16.6 Å². The van der Waals surface area contributed by atoms with Crippen molar-refractivity contribution in [2.45, 2.75) is 39.7 Å². The van der Waals surface area contributed by atoms with Crippen molar-refractivity contribution < 1.29 is 5.11 Å². The van der Waals surface area contributed by atoms with Gasteiger partial charge < -0.3 is 10.4 Å². The van der Waals surface area contributed by atoms with Crippen molar-refractivity contribution in [1.82, 2.24) is 10.3 Å². The molecule has 0 aliphatic carbocycles. The third-order valence-electron chi connectivity index (χ3n) is 3.08. The minimum absolute atomic E-state index is 0.287. The van der Waals surface area contributed by atoms with Gasteiger partial charge in [0.15, 0.2) is 0 Å². The molecule has 0 bridgehead atoms. The Morgan fingerprint density at radius 1 is 1.35 bits per heavy atom. The van der Waals surface area contributed by atoms with Gasteiger partial charge in [0.05, 0.1) is 5.69 Å². The lowest BCUT2D eigenvalue weighted by Gasteiger charge is -2.05. The molecule has 4 heteroatoms. The topological polar surface area (TPSA) is 45.1 Å². The molecule has 20 heavy (non-hydrogen) atoms. The predicted octanol–water partition coefficient (Wildman–Crippen LogP) is 4.14. The molecule has 0 fully saturated rings. The van der Waals surface area contributed by atoms with Crippen LogP contribution in [-0.2, 0) is 6.54 Å². The first kappa shape index (κ1) is 15.0. The summed E-state index contributed by atoms with van der Waals surface area (Å²) < 4.78 is 0. The van der Waals surface area contributed by atoms with Crippen molar-refractivity contribution >= 4 is 11.3 Å². The summed E-state index contributed by atoms with van der Waals surface area (Å²) >= 11 is 1.72. The molecule has 108 valence electrons. The molecule has 0 saturated carbocycles. The summed E-state index contributed by atoms with van der Waals surface area (Å²) in [6.45, 7) is 8.41. The van der Waals surface area contributed by atoms with E-state index >= 15 is 0 Å². The zero-order chi connectivity index (χ0) is 14.5. The van der Waals surface area contributed by atoms with Crippen LogP contribution < -0.4 is 5.32 Å². The van der Waals surface area contributed by atoms with E-state index in [1.165, 1.54) is 4.88 Å². The van der Waals surface area contributed by atoms with Gasteiger partial charge in [-0.2, -0.15) is 0 Å². The van der Waals surface area contributed by atoms with Gasteiger partial charge in [0.1, 0.15) is 10.8 Å². The monoisotopic (exact) mass is 290 g/mol. The van der Waals surface area contributed by atoms with E-state index in [4.69, 9.17) is 4.98 Å². The first-order valence-electron chi connectivity index (χ1n) is 7.11. The Labute approximate surface area is 124 Å². The van der Waals surface area contributed by atoms with Crippen molar-refractivity contribution in [2.75, 3.05) is 6.54 Å². The molecule has 1 heterocycles. The third kappa shape index (κ3) is 3.58. The van der Waals surface area contributed by atoms with Gasteiger partial charge in [-0.25, -0.2) is 4.98 Å². The molecule has 3 nitrogen and oxygen atoms in total.